The summed E-state index contributed by atoms with van der Waals surface area (Å²) in [5, 5.41) is 4.16. The Bertz CT molecular complexity index is 314. The number of piperidine rings is 1. The van der Waals surface area contributed by atoms with Crippen molar-refractivity contribution in [3.63, 3.8) is 0 Å². The molecule has 1 heterocycles. The van der Waals surface area contributed by atoms with E-state index in [4.69, 9.17) is 0 Å². The summed E-state index contributed by atoms with van der Waals surface area (Å²) in [6.45, 7) is 9.81. The van der Waals surface area contributed by atoms with Crippen LogP contribution in [0.3, 0.4) is 0 Å². The number of likely N-dealkylation sites (tertiary alicyclic amines) is 1. The van der Waals surface area contributed by atoms with Crippen molar-refractivity contribution in [1.29, 1.82) is 0 Å². The van der Waals surface area contributed by atoms with Crippen LogP contribution in [0.15, 0.2) is 0 Å². The van der Waals surface area contributed by atoms with Crippen molar-refractivity contribution in [2.24, 2.45) is 17.8 Å². The molecule has 0 amide bonds. The van der Waals surface area contributed by atoms with Gasteiger partial charge in [-0.15, -0.1) is 0 Å². The molecule has 2 heteroatoms. The van der Waals surface area contributed by atoms with E-state index in [2.05, 4.69) is 31.0 Å². The molecule has 1 saturated heterocycles. The molecule has 21 heavy (non-hydrogen) atoms. The molecule has 2 bridgehead atoms. The third-order valence-corrected chi connectivity index (χ3v) is 6.62. The Morgan fingerprint density at radius 2 is 1.67 bits per heavy atom. The van der Waals surface area contributed by atoms with Crippen LogP contribution in [-0.2, 0) is 0 Å². The average Bonchev–Trinajstić information content (AvgIpc) is 2.47. The van der Waals surface area contributed by atoms with E-state index in [0.29, 0.717) is 0 Å². The second-order valence-corrected chi connectivity index (χ2v) is 8.33. The number of hydrogen-bond donors (Lipinski definition) is 1. The SMILES string of the molecule is CCC1CCCC(NC2C3CCCC2CN(C(C)C)C3)C1. The Kier molecular flexibility index (Phi) is 5.27. The van der Waals surface area contributed by atoms with E-state index in [0.717, 1.165) is 35.9 Å². The zero-order chi connectivity index (χ0) is 14.8. The average molecular weight is 293 g/mol. The van der Waals surface area contributed by atoms with Gasteiger partial charge in [-0.1, -0.05) is 32.6 Å². The minimum absolute atomic E-state index is 0.730. The van der Waals surface area contributed by atoms with Crippen molar-refractivity contribution in [3.05, 3.63) is 0 Å². The maximum atomic E-state index is 4.16. The molecule has 0 spiro atoms. The first-order valence-corrected chi connectivity index (χ1v) is 9.67. The Labute approximate surface area is 132 Å². The van der Waals surface area contributed by atoms with Crippen LogP contribution in [-0.4, -0.2) is 36.1 Å². The first kappa shape index (κ1) is 15.8. The zero-order valence-corrected chi connectivity index (χ0v) is 14.5. The molecule has 2 aliphatic carbocycles. The van der Waals surface area contributed by atoms with E-state index in [9.17, 15) is 0 Å². The lowest BCUT2D eigenvalue weighted by atomic mass is 9.72. The Hall–Kier alpha value is -0.0800. The van der Waals surface area contributed by atoms with Gasteiger partial charge in [0.1, 0.15) is 0 Å². The van der Waals surface area contributed by atoms with Gasteiger partial charge in [-0.25, -0.2) is 0 Å². The van der Waals surface area contributed by atoms with E-state index in [1.807, 2.05) is 0 Å². The topological polar surface area (TPSA) is 15.3 Å². The van der Waals surface area contributed by atoms with Crippen LogP contribution in [0, 0.1) is 17.8 Å². The largest absolute Gasteiger partial charge is 0.311 e. The third-order valence-electron chi connectivity index (χ3n) is 6.62. The molecular formula is C19H36N2. The number of fused-ring (bicyclic) bond motifs is 2. The highest BCUT2D eigenvalue weighted by molar-refractivity contribution is 4.97. The van der Waals surface area contributed by atoms with Gasteiger partial charge in [0.05, 0.1) is 0 Å². The van der Waals surface area contributed by atoms with Crippen molar-refractivity contribution in [2.75, 3.05) is 13.1 Å². The predicted molar refractivity (Wildman–Crippen MR) is 90.5 cm³/mol. The summed E-state index contributed by atoms with van der Waals surface area (Å²) in [6.07, 6.45) is 11.6. The fraction of sp³-hybridized carbons (Fsp3) is 1.00. The molecule has 1 aliphatic heterocycles. The molecule has 4 unspecified atom stereocenters. The van der Waals surface area contributed by atoms with Gasteiger partial charge in [0.25, 0.3) is 0 Å². The van der Waals surface area contributed by atoms with E-state index in [1.165, 1.54) is 64.5 Å². The first-order chi connectivity index (χ1) is 10.2. The fourth-order valence-corrected chi connectivity index (χ4v) is 5.25. The van der Waals surface area contributed by atoms with Crippen molar-refractivity contribution in [2.45, 2.75) is 90.3 Å². The number of nitrogens with one attached hydrogen (secondary N) is 1. The quantitative estimate of drug-likeness (QED) is 0.841. The van der Waals surface area contributed by atoms with Crippen LogP contribution in [0.25, 0.3) is 0 Å². The molecular weight excluding hydrogens is 256 g/mol. The van der Waals surface area contributed by atoms with Gasteiger partial charge in [-0.3, -0.25) is 0 Å². The van der Waals surface area contributed by atoms with Crippen LogP contribution in [0.2, 0.25) is 0 Å². The molecule has 3 fully saturated rings. The van der Waals surface area contributed by atoms with E-state index in [1.54, 1.807) is 0 Å². The van der Waals surface area contributed by atoms with Crippen molar-refractivity contribution in [3.8, 4) is 0 Å². The summed E-state index contributed by atoms with van der Waals surface area (Å²) < 4.78 is 0. The maximum absolute atomic E-state index is 4.16. The highest BCUT2D eigenvalue weighted by Crippen LogP contribution is 2.37. The van der Waals surface area contributed by atoms with Crippen LogP contribution in [0.4, 0.5) is 0 Å². The van der Waals surface area contributed by atoms with Gasteiger partial charge >= 0.3 is 0 Å². The van der Waals surface area contributed by atoms with Gasteiger partial charge in [0.2, 0.25) is 0 Å². The lowest BCUT2D eigenvalue weighted by Gasteiger charge is -2.50. The lowest BCUT2D eigenvalue weighted by molar-refractivity contribution is 0.0213. The second kappa shape index (κ2) is 7.00. The van der Waals surface area contributed by atoms with Crippen LogP contribution in [0.5, 0.6) is 0 Å². The lowest BCUT2D eigenvalue weighted by Crippen LogP contribution is -2.60. The maximum Gasteiger partial charge on any atom is 0.0151 e. The van der Waals surface area contributed by atoms with Crippen molar-refractivity contribution < 1.29 is 0 Å². The zero-order valence-electron chi connectivity index (χ0n) is 14.5. The van der Waals surface area contributed by atoms with Gasteiger partial charge in [0, 0.05) is 31.2 Å². The Morgan fingerprint density at radius 3 is 2.29 bits per heavy atom. The normalized spacial score (nSPS) is 41.4. The summed E-state index contributed by atoms with van der Waals surface area (Å²) >= 11 is 0. The molecule has 0 aromatic heterocycles. The summed E-state index contributed by atoms with van der Waals surface area (Å²) in [4.78, 5) is 2.74. The summed E-state index contributed by atoms with van der Waals surface area (Å²) in [5.74, 6) is 2.83. The summed E-state index contributed by atoms with van der Waals surface area (Å²) in [5.41, 5.74) is 0. The third kappa shape index (κ3) is 3.64. The van der Waals surface area contributed by atoms with Crippen LogP contribution >= 0.6 is 0 Å². The minimum atomic E-state index is 0.730. The van der Waals surface area contributed by atoms with Crippen molar-refractivity contribution >= 4 is 0 Å². The van der Waals surface area contributed by atoms with E-state index < -0.39 is 0 Å². The fourth-order valence-electron chi connectivity index (χ4n) is 5.25. The molecule has 3 aliphatic rings. The smallest absolute Gasteiger partial charge is 0.0151 e. The number of nitrogens with zero attached hydrogens (tertiary/aromatic N) is 1. The first-order valence-electron chi connectivity index (χ1n) is 9.67. The molecule has 4 atom stereocenters. The Balaban J connectivity index is 1.60. The summed E-state index contributed by atoms with van der Waals surface area (Å²) in [7, 11) is 0. The monoisotopic (exact) mass is 292 g/mol. The molecule has 2 saturated carbocycles. The minimum Gasteiger partial charge on any atom is -0.311 e. The highest BCUT2D eigenvalue weighted by atomic mass is 15.2. The molecule has 1 N–H and O–H groups in total. The Morgan fingerprint density at radius 1 is 1.00 bits per heavy atom. The number of rotatable bonds is 4. The highest BCUT2D eigenvalue weighted by Gasteiger charge is 2.41. The molecule has 3 rings (SSSR count). The van der Waals surface area contributed by atoms with Crippen LogP contribution in [0.1, 0.15) is 72.1 Å². The van der Waals surface area contributed by atoms with Gasteiger partial charge in [-0.2, -0.15) is 0 Å². The molecule has 2 nitrogen and oxygen atoms in total. The van der Waals surface area contributed by atoms with Gasteiger partial charge < -0.3 is 10.2 Å². The second-order valence-electron chi connectivity index (χ2n) is 8.33. The number of hydrogen-bond acceptors (Lipinski definition) is 2. The van der Waals surface area contributed by atoms with Crippen LogP contribution < -0.4 is 5.32 Å². The van der Waals surface area contributed by atoms with E-state index >= 15 is 0 Å². The molecule has 0 aromatic carbocycles. The molecule has 122 valence electrons. The standard InChI is InChI=1S/C19H36N2/c1-4-15-7-5-10-18(11-15)20-19-16-8-6-9-17(19)13-21(12-16)14(2)3/h14-20H,4-13H2,1-3H3. The molecule has 0 aromatic rings. The van der Waals surface area contributed by atoms with Crippen molar-refractivity contribution in [1.82, 2.24) is 10.2 Å². The van der Waals surface area contributed by atoms with Gasteiger partial charge in [-0.05, 0) is 57.3 Å². The van der Waals surface area contributed by atoms with Gasteiger partial charge in [0.15, 0.2) is 0 Å². The van der Waals surface area contributed by atoms with E-state index in [-0.39, 0.29) is 0 Å². The predicted octanol–water partition coefficient (Wildman–Crippen LogP) is 4.05. The summed E-state index contributed by atoms with van der Waals surface area (Å²) in [6, 6.07) is 2.38. The molecule has 0 radical (unpaired) electrons.